The monoisotopic (exact) mass is 473 g/mol. The van der Waals surface area contributed by atoms with Crippen LogP contribution in [0.15, 0.2) is 66.9 Å². The number of urea groups is 1. The van der Waals surface area contributed by atoms with E-state index in [2.05, 4.69) is 59.4 Å². The first-order chi connectivity index (χ1) is 17.0. The topological polar surface area (TPSA) is 63.6 Å². The molecular formula is C29H35N3O3. The molecule has 0 saturated heterocycles. The van der Waals surface area contributed by atoms with E-state index in [0.29, 0.717) is 24.4 Å². The third-order valence-corrected chi connectivity index (χ3v) is 6.78. The summed E-state index contributed by atoms with van der Waals surface area (Å²) >= 11 is 0. The van der Waals surface area contributed by atoms with Crippen LogP contribution in [0, 0.1) is 6.92 Å². The average Bonchev–Trinajstić information content (AvgIpc) is 3.31. The fourth-order valence-electron chi connectivity index (χ4n) is 4.75. The molecule has 6 nitrogen and oxygen atoms in total. The van der Waals surface area contributed by atoms with Crippen LogP contribution >= 0.6 is 0 Å². The summed E-state index contributed by atoms with van der Waals surface area (Å²) in [5.74, 6) is -0.358. The molecule has 35 heavy (non-hydrogen) atoms. The van der Waals surface area contributed by atoms with Gasteiger partial charge in [0.25, 0.3) is 0 Å². The molecule has 184 valence electrons. The van der Waals surface area contributed by atoms with Crippen molar-refractivity contribution < 1.29 is 14.3 Å². The van der Waals surface area contributed by atoms with Crippen molar-refractivity contribution in [3.05, 3.63) is 89.2 Å². The standard InChI is InChI=1S/C29H35N3O3/c1-3-35-28(33)23-15-17-25(18-16-23)30-29(34)32(26-12-5-4-6-13-26)21-27-14-9-19-31(27)20-24-11-8-7-10-22(24)2/h7-11,14-19,26H,3-6,12-13,20-21H2,1-2H3,(H,30,34). The summed E-state index contributed by atoms with van der Waals surface area (Å²) in [7, 11) is 0. The summed E-state index contributed by atoms with van der Waals surface area (Å²) in [6.07, 6.45) is 7.65. The Bertz CT molecular complexity index is 1130. The number of carbonyl (C=O) groups is 2. The number of carbonyl (C=O) groups excluding carboxylic acids is 2. The molecule has 0 unspecified atom stereocenters. The summed E-state index contributed by atoms with van der Waals surface area (Å²) in [6.45, 7) is 5.58. The second kappa shape index (κ2) is 11.7. The van der Waals surface area contributed by atoms with E-state index in [1.54, 1.807) is 31.2 Å². The Kier molecular flexibility index (Phi) is 8.24. The molecule has 2 aromatic carbocycles. The van der Waals surface area contributed by atoms with Crippen LogP contribution in [-0.2, 0) is 17.8 Å². The van der Waals surface area contributed by atoms with Crippen molar-refractivity contribution in [3.8, 4) is 0 Å². The van der Waals surface area contributed by atoms with Crippen LogP contribution in [0.5, 0.6) is 0 Å². The Balaban J connectivity index is 1.50. The molecular weight excluding hydrogens is 438 g/mol. The van der Waals surface area contributed by atoms with Gasteiger partial charge in [0.15, 0.2) is 0 Å². The van der Waals surface area contributed by atoms with Gasteiger partial charge in [0, 0.05) is 30.2 Å². The summed E-state index contributed by atoms with van der Waals surface area (Å²) in [5.41, 5.74) is 4.80. The number of hydrogen-bond acceptors (Lipinski definition) is 3. The molecule has 1 heterocycles. The number of rotatable bonds is 8. The van der Waals surface area contributed by atoms with E-state index in [1.807, 2.05) is 4.90 Å². The van der Waals surface area contributed by atoms with Crippen molar-refractivity contribution in [1.29, 1.82) is 0 Å². The minimum Gasteiger partial charge on any atom is -0.462 e. The van der Waals surface area contributed by atoms with Crippen LogP contribution in [0.25, 0.3) is 0 Å². The van der Waals surface area contributed by atoms with E-state index in [4.69, 9.17) is 4.74 Å². The number of nitrogens with zero attached hydrogens (tertiary/aromatic N) is 2. The largest absolute Gasteiger partial charge is 0.462 e. The van der Waals surface area contributed by atoms with Crippen LogP contribution < -0.4 is 5.32 Å². The van der Waals surface area contributed by atoms with Gasteiger partial charge in [0.2, 0.25) is 0 Å². The second-order valence-corrected chi connectivity index (χ2v) is 9.20. The van der Waals surface area contributed by atoms with Crippen molar-refractivity contribution in [3.63, 3.8) is 0 Å². The molecule has 0 atom stereocenters. The smallest absolute Gasteiger partial charge is 0.338 e. The Morgan fingerprint density at radius 2 is 1.74 bits per heavy atom. The number of aromatic nitrogens is 1. The lowest BCUT2D eigenvalue weighted by Gasteiger charge is -2.34. The first-order valence-corrected chi connectivity index (χ1v) is 12.6. The summed E-state index contributed by atoms with van der Waals surface area (Å²) in [5, 5.41) is 3.05. The fraction of sp³-hybridized carbons (Fsp3) is 0.379. The highest BCUT2D eigenvalue weighted by Gasteiger charge is 2.26. The van der Waals surface area contributed by atoms with E-state index < -0.39 is 0 Å². The molecule has 4 rings (SSSR count). The SMILES string of the molecule is CCOC(=O)c1ccc(NC(=O)N(Cc2cccn2Cc2ccccc2C)C2CCCCC2)cc1. The summed E-state index contributed by atoms with van der Waals surface area (Å²) in [6, 6.07) is 19.6. The van der Waals surface area contributed by atoms with E-state index in [-0.39, 0.29) is 18.0 Å². The minimum absolute atomic E-state index is 0.107. The second-order valence-electron chi connectivity index (χ2n) is 9.20. The molecule has 3 aromatic rings. The van der Waals surface area contributed by atoms with Crippen molar-refractivity contribution in [2.75, 3.05) is 11.9 Å². The Morgan fingerprint density at radius 3 is 2.46 bits per heavy atom. The third-order valence-electron chi connectivity index (χ3n) is 6.78. The lowest BCUT2D eigenvalue weighted by atomic mass is 9.94. The molecule has 1 N–H and O–H groups in total. The van der Waals surface area contributed by atoms with Gasteiger partial charge in [-0.2, -0.15) is 0 Å². The number of esters is 1. The number of anilines is 1. The van der Waals surface area contributed by atoms with Crippen molar-refractivity contribution >= 4 is 17.7 Å². The number of hydrogen-bond donors (Lipinski definition) is 1. The van der Waals surface area contributed by atoms with Crippen LogP contribution in [0.1, 0.15) is 66.2 Å². The number of aryl methyl sites for hydroxylation is 1. The van der Waals surface area contributed by atoms with Gasteiger partial charge in [-0.15, -0.1) is 0 Å². The van der Waals surface area contributed by atoms with Gasteiger partial charge >= 0.3 is 12.0 Å². The molecule has 0 aliphatic heterocycles. The Morgan fingerprint density at radius 1 is 1.00 bits per heavy atom. The highest BCUT2D eigenvalue weighted by molar-refractivity contribution is 5.92. The molecule has 1 aliphatic rings. The van der Waals surface area contributed by atoms with E-state index >= 15 is 0 Å². The highest BCUT2D eigenvalue weighted by atomic mass is 16.5. The molecule has 1 aromatic heterocycles. The van der Waals surface area contributed by atoms with Gasteiger partial charge in [0.05, 0.1) is 18.7 Å². The maximum absolute atomic E-state index is 13.5. The number of benzene rings is 2. The lowest BCUT2D eigenvalue weighted by molar-refractivity contribution is 0.0526. The lowest BCUT2D eigenvalue weighted by Crippen LogP contribution is -2.43. The molecule has 0 radical (unpaired) electrons. The number of nitrogens with one attached hydrogen (secondary N) is 1. The zero-order valence-corrected chi connectivity index (χ0v) is 20.7. The Hall–Kier alpha value is -3.54. The van der Waals surface area contributed by atoms with Crippen LogP contribution in [0.3, 0.4) is 0 Å². The first-order valence-electron chi connectivity index (χ1n) is 12.6. The normalized spacial score (nSPS) is 13.9. The van der Waals surface area contributed by atoms with Gasteiger partial charge in [-0.05, 0) is 74.2 Å². The van der Waals surface area contributed by atoms with Gasteiger partial charge in [0.1, 0.15) is 0 Å². The van der Waals surface area contributed by atoms with Crippen LogP contribution in [0.2, 0.25) is 0 Å². The van der Waals surface area contributed by atoms with Crippen LogP contribution in [-0.4, -0.2) is 34.1 Å². The average molecular weight is 474 g/mol. The zero-order chi connectivity index (χ0) is 24.6. The molecule has 2 amide bonds. The molecule has 1 saturated carbocycles. The molecule has 0 spiro atoms. The molecule has 1 aliphatic carbocycles. The maximum Gasteiger partial charge on any atom is 0.338 e. The van der Waals surface area contributed by atoms with E-state index in [1.165, 1.54) is 17.5 Å². The van der Waals surface area contributed by atoms with Crippen molar-refractivity contribution in [2.24, 2.45) is 0 Å². The molecule has 6 heteroatoms. The minimum atomic E-state index is -0.358. The third kappa shape index (κ3) is 6.32. The predicted molar refractivity (Wildman–Crippen MR) is 139 cm³/mol. The Labute approximate surface area is 207 Å². The maximum atomic E-state index is 13.5. The fourth-order valence-corrected chi connectivity index (χ4v) is 4.75. The van der Waals surface area contributed by atoms with Crippen molar-refractivity contribution in [2.45, 2.75) is 65.1 Å². The van der Waals surface area contributed by atoms with Crippen molar-refractivity contribution in [1.82, 2.24) is 9.47 Å². The number of amides is 2. The predicted octanol–water partition coefficient (Wildman–Crippen LogP) is 6.39. The van der Waals surface area contributed by atoms with Gasteiger partial charge < -0.3 is 19.5 Å². The summed E-state index contributed by atoms with van der Waals surface area (Å²) < 4.78 is 7.29. The molecule has 1 fully saturated rings. The van der Waals surface area contributed by atoms with Gasteiger partial charge in [-0.1, -0.05) is 43.5 Å². The summed E-state index contributed by atoms with van der Waals surface area (Å²) in [4.78, 5) is 27.4. The zero-order valence-electron chi connectivity index (χ0n) is 20.7. The van der Waals surface area contributed by atoms with E-state index in [9.17, 15) is 9.59 Å². The van der Waals surface area contributed by atoms with E-state index in [0.717, 1.165) is 37.9 Å². The molecule has 0 bridgehead atoms. The quantitative estimate of drug-likeness (QED) is 0.386. The first kappa shape index (κ1) is 24.6. The van der Waals surface area contributed by atoms with Gasteiger partial charge in [-0.25, -0.2) is 9.59 Å². The highest BCUT2D eigenvalue weighted by Crippen LogP contribution is 2.26. The van der Waals surface area contributed by atoms with Crippen LogP contribution in [0.4, 0.5) is 10.5 Å². The number of ether oxygens (including phenoxy) is 1. The van der Waals surface area contributed by atoms with Gasteiger partial charge in [-0.3, -0.25) is 0 Å².